The fourth-order valence-corrected chi connectivity index (χ4v) is 2.67. The van der Waals surface area contributed by atoms with E-state index >= 15 is 0 Å². The zero-order chi connectivity index (χ0) is 13.7. The number of furan rings is 1. The van der Waals surface area contributed by atoms with Crippen LogP contribution in [-0.2, 0) is 13.1 Å². The van der Waals surface area contributed by atoms with Crippen LogP contribution in [0.15, 0.2) is 10.5 Å². The molecule has 3 nitrogen and oxygen atoms in total. The SMILES string of the molecule is Cc1oc(CNCC(C)C)cc1CN1CCCCC1. The summed E-state index contributed by atoms with van der Waals surface area (Å²) >= 11 is 0. The van der Waals surface area contributed by atoms with E-state index in [0.29, 0.717) is 5.92 Å². The number of hydrogen-bond donors (Lipinski definition) is 1. The van der Waals surface area contributed by atoms with Crippen molar-refractivity contribution >= 4 is 0 Å². The van der Waals surface area contributed by atoms with Crippen LogP contribution in [0.25, 0.3) is 0 Å². The normalized spacial score (nSPS) is 17.3. The highest BCUT2D eigenvalue weighted by Gasteiger charge is 2.14. The molecule has 1 aliphatic heterocycles. The van der Waals surface area contributed by atoms with Crippen LogP contribution in [0.3, 0.4) is 0 Å². The number of aryl methyl sites for hydroxylation is 1. The molecule has 0 unspecified atom stereocenters. The summed E-state index contributed by atoms with van der Waals surface area (Å²) in [5, 5.41) is 3.44. The van der Waals surface area contributed by atoms with Gasteiger partial charge in [-0.05, 0) is 51.4 Å². The average molecular weight is 264 g/mol. The van der Waals surface area contributed by atoms with Crippen LogP contribution >= 0.6 is 0 Å². The van der Waals surface area contributed by atoms with Crippen molar-refractivity contribution in [1.29, 1.82) is 0 Å². The van der Waals surface area contributed by atoms with E-state index in [2.05, 4.69) is 37.1 Å². The second-order valence-corrected chi connectivity index (χ2v) is 6.16. The summed E-state index contributed by atoms with van der Waals surface area (Å²) in [5.74, 6) is 2.85. The van der Waals surface area contributed by atoms with Gasteiger partial charge in [-0.1, -0.05) is 20.3 Å². The Bertz CT molecular complexity index is 378. The van der Waals surface area contributed by atoms with Gasteiger partial charge in [0.1, 0.15) is 11.5 Å². The topological polar surface area (TPSA) is 28.4 Å². The molecule has 1 fully saturated rings. The predicted octanol–water partition coefficient (Wildman–Crippen LogP) is 3.32. The molecule has 3 heteroatoms. The highest BCUT2D eigenvalue weighted by atomic mass is 16.3. The third-order valence-electron chi connectivity index (χ3n) is 3.77. The highest BCUT2D eigenvalue weighted by Crippen LogP contribution is 2.19. The molecule has 1 aromatic heterocycles. The summed E-state index contributed by atoms with van der Waals surface area (Å²) in [6, 6.07) is 2.23. The molecule has 0 aliphatic carbocycles. The van der Waals surface area contributed by atoms with Gasteiger partial charge < -0.3 is 9.73 Å². The average Bonchev–Trinajstić information content (AvgIpc) is 2.71. The summed E-state index contributed by atoms with van der Waals surface area (Å²) in [5.41, 5.74) is 1.36. The number of nitrogens with zero attached hydrogens (tertiary/aromatic N) is 1. The number of likely N-dealkylation sites (tertiary alicyclic amines) is 1. The molecule has 0 radical (unpaired) electrons. The van der Waals surface area contributed by atoms with E-state index in [1.165, 1.54) is 37.9 Å². The van der Waals surface area contributed by atoms with Crippen molar-refractivity contribution in [3.8, 4) is 0 Å². The maximum Gasteiger partial charge on any atom is 0.118 e. The van der Waals surface area contributed by atoms with Crippen LogP contribution in [0.4, 0.5) is 0 Å². The molecule has 0 amide bonds. The van der Waals surface area contributed by atoms with Crippen LogP contribution in [0.5, 0.6) is 0 Å². The minimum atomic E-state index is 0.684. The molecule has 2 heterocycles. The Morgan fingerprint density at radius 1 is 1.26 bits per heavy atom. The predicted molar refractivity (Wildman–Crippen MR) is 79.1 cm³/mol. The minimum Gasteiger partial charge on any atom is -0.465 e. The maximum absolute atomic E-state index is 5.85. The molecular weight excluding hydrogens is 236 g/mol. The standard InChI is InChI=1S/C16H28N2O/c1-13(2)10-17-11-16-9-15(14(3)19-16)12-18-7-5-4-6-8-18/h9,13,17H,4-8,10-12H2,1-3H3. The Balaban J connectivity index is 1.85. The summed E-state index contributed by atoms with van der Waals surface area (Å²) < 4.78 is 5.85. The van der Waals surface area contributed by atoms with Gasteiger partial charge in [-0.2, -0.15) is 0 Å². The second-order valence-electron chi connectivity index (χ2n) is 6.16. The zero-order valence-corrected chi connectivity index (χ0v) is 12.7. The van der Waals surface area contributed by atoms with E-state index in [1.807, 2.05) is 0 Å². The minimum absolute atomic E-state index is 0.684. The van der Waals surface area contributed by atoms with Crippen LogP contribution in [0, 0.1) is 12.8 Å². The highest BCUT2D eigenvalue weighted by molar-refractivity contribution is 5.20. The van der Waals surface area contributed by atoms with E-state index in [4.69, 9.17) is 4.42 Å². The van der Waals surface area contributed by atoms with Crippen molar-refractivity contribution in [2.75, 3.05) is 19.6 Å². The van der Waals surface area contributed by atoms with Gasteiger partial charge in [0.15, 0.2) is 0 Å². The lowest BCUT2D eigenvalue weighted by atomic mass is 10.1. The summed E-state index contributed by atoms with van der Waals surface area (Å²) in [7, 11) is 0. The molecule has 2 rings (SSSR count). The lowest BCUT2D eigenvalue weighted by Crippen LogP contribution is -2.29. The molecule has 1 saturated heterocycles. The van der Waals surface area contributed by atoms with Gasteiger partial charge in [0.25, 0.3) is 0 Å². The molecule has 1 N–H and O–H groups in total. The number of hydrogen-bond acceptors (Lipinski definition) is 3. The molecule has 1 aromatic rings. The van der Waals surface area contributed by atoms with Crippen LogP contribution < -0.4 is 5.32 Å². The lowest BCUT2D eigenvalue weighted by molar-refractivity contribution is 0.219. The van der Waals surface area contributed by atoms with Crippen molar-refractivity contribution in [2.45, 2.75) is 53.1 Å². The van der Waals surface area contributed by atoms with E-state index in [-0.39, 0.29) is 0 Å². The summed E-state index contributed by atoms with van der Waals surface area (Å²) in [4.78, 5) is 2.55. The van der Waals surface area contributed by atoms with Gasteiger partial charge in [0.2, 0.25) is 0 Å². The number of nitrogens with one attached hydrogen (secondary N) is 1. The van der Waals surface area contributed by atoms with Crippen molar-refractivity contribution in [2.24, 2.45) is 5.92 Å². The molecule has 0 spiro atoms. The van der Waals surface area contributed by atoms with Crippen LogP contribution in [-0.4, -0.2) is 24.5 Å². The molecule has 0 atom stereocenters. The van der Waals surface area contributed by atoms with Gasteiger partial charge in [-0.25, -0.2) is 0 Å². The van der Waals surface area contributed by atoms with Crippen molar-refractivity contribution in [1.82, 2.24) is 10.2 Å². The van der Waals surface area contributed by atoms with Gasteiger partial charge in [0.05, 0.1) is 6.54 Å². The molecule has 0 saturated carbocycles. The first-order chi connectivity index (χ1) is 9.15. The van der Waals surface area contributed by atoms with Gasteiger partial charge in [-0.3, -0.25) is 4.90 Å². The summed E-state index contributed by atoms with van der Waals surface area (Å²) in [6.07, 6.45) is 4.09. The van der Waals surface area contributed by atoms with E-state index in [1.54, 1.807) is 0 Å². The van der Waals surface area contributed by atoms with E-state index in [9.17, 15) is 0 Å². The Labute approximate surface area is 117 Å². The zero-order valence-electron chi connectivity index (χ0n) is 12.7. The van der Waals surface area contributed by atoms with Gasteiger partial charge in [0, 0.05) is 12.1 Å². The number of piperidine rings is 1. The molecular formula is C16H28N2O. The molecule has 1 aliphatic rings. The molecule has 108 valence electrons. The first-order valence-electron chi connectivity index (χ1n) is 7.66. The Morgan fingerprint density at radius 3 is 2.68 bits per heavy atom. The third kappa shape index (κ3) is 4.66. The Morgan fingerprint density at radius 2 is 2.00 bits per heavy atom. The van der Waals surface area contributed by atoms with Crippen molar-refractivity contribution < 1.29 is 4.42 Å². The van der Waals surface area contributed by atoms with E-state index < -0.39 is 0 Å². The fourth-order valence-electron chi connectivity index (χ4n) is 2.67. The van der Waals surface area contributed by atoms with E-state index in [0.717, 1.165) is 31.2 Å². The first kappa shape index (κ1) is 14.6. The Kier molecular flexibility index (Phi) is 5.46. The monoisotopic (exact) mass is 264 g/mol. The fraction of sp³-hybridized carbons (Fsp3) is 0.750. The molecule has 19 heavy (non-hydrogen) atoms. The first-order valence-corrected chi connectivity index (χ1v) is 7.66. The van der Waals surface area contributed by atoms with Gasteiger partial charge >= 0.3 is 0 Å². The third-order valence-corrected chi connectivity index (χ3v) is 3.77. The Hall–Kier alpha value is -0.800. The smallest absolute Gasteiger partial charge is 0.118 e. The maximum atomic E-state index is 5.85. The molecule has 0 aromatic carbocycles. The van der Waals surface area contributed by atoms with Crippen LogP contribution in [0.2, 0.25) is 0 Å². The molecule has 0 bridgehead atoms. The van der Waals surface area contributed by atoms with Crippen molar-refractivity contribution in [3.63, 3.8) is 0 Å². The van der Waals surface area contributed by atoms with Crippen LogP contribution in [0.1, 0.15) is 50.2 Å². The quantitative estimate of drug-likeness (QED) is 0.854. The second kappa shape index (κ2) is 7.11. The van der Waals surface area contributed by atoms with Crippen molar-refractivity contribution in [3.05, 3.63) is 23.2 Å². The largest absolute Gasteiger partial charge is 0.465 e. The number of rotatable bonds is 6. The van der Waals surface area contributed by atoms with Gasteiger partial charge in [-0.15, -0.1) is 0 Å². The summed E-state index contributed by atoms with van der Waals surface area (Å²) in [6.45, 7) is 12.0. The lowest BCUT2D eigenvalue weighted by Gasteiger charge is -2.25.